The maximum atomic E-state index is 14.4. The molecular formula is C31H45N3O5. The Morgan fingerprint density at radius 3 is 2.28 bits per heavy atom. The summed E-state index contributed by atoms with van der Waals surface area (Å²) in [5, 5.41) is 15.5. The molecule has 3 atom stereocenters. The second-order valence-corrected chi connectivity index (χ2v) is 11.0. The van der Waals surface area contributed by atoms with Crippen molar-refractivity contribution in [2.75, 3.05) is 6.54 Å². The second-order valence-electron chi connectivity index (χ2n) is 11.0. The van der Waals surface area contributed by atoms with Gasteiger partial charge in [0, 0.05) is 19.0 Å². The fourth-order valence-corrected chi connectivity index (χ4v) is 4.26. The summed E-state index contributed by atoms with van der Waals surface area (Å²) in [5.41, 5.74) is 1.67. The summed E-state index contributed by atoms with van der Waals surface area (Å²) >= 11 is 0. The van der Waals surface area contributed by atoms with Crippen LogP contribution in [0.2, 0.25) is 0 Å². The molecule has 214 valence electrons. The number of unbranched alkanes of at least 4 members (excludes halogenated alkanes) is 1. The number of aromatic hydroxyl groups is 1. The van der Waals surface area contributed by atoms with E-state index in [2.05, 4.69) is 17.6 Å². The number of alkyl carbamates (subject to hydrolysis) is 1. The van der Waals surface area contributed by atoms with Crippen molar-refractivity contribution in [3.8, 4) is 5.75 Å². The average Bonchev–Trinajstić information content (AvgIpc) is 2.86. The normalized spacial score (nSPS) is 13.6. The third-order valence-electron chi connectivity index (χ3n) is 6.40. The zero-order chi connectivity index (χ0) is 29.2. The molecule has 2 aromatic carbocycles. The Balaban J connectivity index is 2.56. The minimum atomic E-state index is -1.01. The molecule has 0 aliphatic rings. The van der Waals surface area contributed by atoms with Gasteiger partial charge in [0.1, 0.15) is 23.4 Å². The molecular weight excluding hydrogens is 494 g/mol. The van der Waals surface area contributed by atoms with Crippen LogP contribution in [0.3, 0.4) is 0 Å². The average molecular weight is 540 g/mol. The van der Waals surface area contributed by atoms with E-state index in [1.54, 1.807) is 37.8 Å². The molecule has 0 saturated carbocycles. The number of ether oxygens (including phenoxy) is 1. The monoisotopic (exact) mass is 539 g/mol. The first-order valence-corrected chi connectivity index (χ1v) is 13.8. The van der Waals surface area contributed by atoms with E-state index in [-0.39, 0.29) is 30.0 Å². The van der Waals surface area contributed by atoms with Crippen molar-refractivity contribution in [2.24, 2.45) is 0 Å². The number of hydrogen-bond acceptors (Lipinski definition) is 5. The smallest absolute Gasteiger partial charge is 0.408 e. The quantitative estimate of drug-likeness (QED) is 0.312. The highest BCUT2D eigenvalue weighted by atomic mass is 16.6. The van der Waals surface area contributed by atoms with E-state index in [0.717, 1.165) is 24.0 Å². The predicted molar refractivity (Wildman–Crippen MR) is 153 cm³/mol. The number of benzene rings is 2. The van der Waals surface area contributed by atoms with Gasteiger partial charge in [0.2, 0.25) is 11.8 Å². The largest absolute Gasteiger partial charge is 0.508 e. The van der Waals surface area contributed by atoms with Crippen LogP contribution in [0.25, 0.3) is 0 Å². The third kappa shape index (κ3) is 9.93. The van der Waals surface area contributed by atoms with E-state index >= 15 is 0 Å². The zero-order valence-corrected chi connectivity index (χ0v) is 24.4. The number of rotatable bonds is 12. The molecule has 3 unspecified atom stereocenters. The highest BCUT2D eigenvalue weighted by molar-refractivity contribution is 5.92. The van der Waals surface area contributed by atoms with Crippen molar-refractivity contribution in [1.29, 1.82) is 0 Å². The van der Waals surface area contributed by atoms with Crippen LogP contribution in [0.4, 0.5) is 4.79 Å². The molecule has 0 spiro atoms. The highest BCUT2D eigenvalue weighted by Crippen LogP contribution is 2.27. The summed E-state index contributed by atoms with van der Waals surface area (Å²) in [4.78, 5) is 42.5. The van der Waals surface area contributed by atoms with Crippen molar-refractivity contribution < 1.29 is 24.2 Å². The lowest BCUT2D eigenvalue weighted by Gasteiger charge is -2.38. The van der Waals surface area contributed by atoms with Gasteiger partial charge in [0.05, 0.1) is 0 Å². The molecule has 0 heterocycles. The Labute approximate surface area is 233 Å². The lowest BCUT2D eigenvalue weighted by atomic mass is 9.97. The first-order valence-electron chi connectivity index (χ1n) is 13.8. The molecule has 2 aromatic rings. The molecule has 0 aliphatic heterocycles. The molecule has 0 saturated heterocycles. The van der Waals surface area contributed by atoms with Gasteiger partial charge in [0.15, 0.2) is 0 Å². The zero-order valence-electron chi connectivity index (χ0n) is 24.4. The number of aryl methyl sites for hydroxylation is 1. The molecule has 3 N–H and O–H groups in total. The van der Waals surface area contributed by atoms with Crippen molar-refractivity contribution in [3.05, 3.63) is 65.2 Å². The van der Waals surface area contributed by atoms with E-state index in [0.29, 0.717) is 18.5 Å². The maximum Gasteiger partial charge on any atom is 0.408 e. The van der Waals surface area contributed by atoms with Gasteiger partial charge in [0.25, 0.3) is 0 Å². The van der Waals surface area contributed by atoms with Gasteiger partial charge in [-0.3, -0.25) is 9.59 Å². The summed E-state index contributed by atoms with van der Waals surface area (Å²) in [6.07, 6.45) is 1.80. The molecule has 2 rings (SSSR count). The van der Waals surface area contributed by atoms with Crippen LogP contribution in [0.15, 0.2) is 48.5 Å². The Kier molecular flexibility index (Phi) is 11.8. The minimum Gasteiger partial charge on any atom is -0.508 e. The van der Waals surface area contributed by atoms with E-state index in [4.69, 9.17) is 4.74 Å². The van der Waals surface area contributed by atoms with E-state index in [1.165, 1.54) is 12.1 Å². The predicted octanol–water partition coefficient (Wildman–Crippen LogP) is 5.42. The van der Waals surface area contributed by atoms with Crippen molar-refractivity contribution >= 4 is 17.9 Å². The Morgan fingerprint density at radius 1 is 1.05 bits per heavy atom. The second kappa shape index (κ2) is 14.6. The van der Waals surface area contributed by atoms with Crippen LogP contribution in [0, 0.1) is 6.92 Å². The fourth-order valence-electron chi connectivity index (χ4n) is 4.26. The molecule has 0 bridgehead atoms. The van der Waals surface area contributed by atoms with Gasteiger partial charge in [-0.25, -0.2) is 4.79 Å². The van der Waals surface area contributed by atoms with Crippen molar-refractivity contribution in [3.63, 3.8) is 0 Å². The SMILES string of the molecule is CCCCNC(=O)C(c1cccc(C)c1)N(C(=O)C(Cc1ccc(O)cc1)NC(=O)OC(C)(C)C)C(C)CC. The number of amides is 3. The first kappa shape index (κ1) is 31.7. The van der Waals surface area contributed by atoms with Crippen LogP contribution in [0.1, 0.15) is 83.5 Å². The Morgan fingerprint density at radius 2 is 1.72 bits per heavy atom. The number of phenols is 1. The molecule has 0 aliphatic carbocycles. The van der Waals surface area contributed by atoms with Crippen molar-refractivity contribution in [1.82, 2.24) is 15.5 Å². The summed E-state index contributed by atoms with van der Waals surface area (Å²) in [6.45, 7) is 13.6. The van der Waals surface area contributed by atoms with Gasteiger partial charge in [-0.1, -0.05) is 62.2 Å². The number of nitrogens with zero attached hydrogens (tertiary/aromatic N) is 1. The molecule has 0 radical (unpaired) electrons. The van der Waals surface area contributed by atoms with Crippen LogP contribution < -0.4 is 10.6 Å². The summed E-state index contributed by atoms with van der Waals surface area (Å²) < 4.78 is 5.48. The van der Waals surface area contributed by atoms with Crippen molar-refractivity contribution in [2.45, 2.75) is 97.9 Å². The molecule has 8 heteroatoms. The van der Waals surface area contributed by atoms with E-state index in [1.807, 2.05) is 45.0 Å². The topological polar surface area (TPSA) is 108 Å². The summed E-state index contributed by atoms with van der Waals surface area (Å²) in [7, 11) is 0. The number of carbonyl (C=O) groups excluding carboxylic acids is 3. The maximum absolute atomic E-state index is 14.4. The first-order chi connectivity index (χ1) is 18.4. The standard InChI is InChI=1S/C31H45N3O5/c1-8-10-18-32-28(36)27(24-13-11-12-21(3)19-24)34(22(4)9-2)29(37)26(33-30(38)39-31(5,6)7)20-23-14-16-25(35)17-15-23/h11-17,19,22,26-27,35H,8-10,18,20H2,1-7H3,(H,32,36)(H,33,38). The lowest BCUT2D eigenvalue weighted by Crippen LogP contribution is -2.56. The van der Waals surface area contributed by atoms with Crippen LogP contribution in [0.5, 0.6) is 5.75 Å². The molecule has 3 amide bonds. The number of carbonyl (C=O) groups is 3. The van der Waals surface area contributed by atoms with Gasteiger partial charge in [-0.2, -0.15) is 0 Å². The fraction of sp³-hybridized carbons (Fsp3) is 0.516. The van der Waals surface area contributed by atoms with Gasteiger partial charge in [-0.15, -0.1) is 0 Å². The molecule has 0 aromatic heterocycles. The number of nitrogens with one attached hydrogen (secondary N) is 2. The number of hydrogen-bond donors (Lipinski definition) is 3. The Hall–Kier alpha value is -3.55. The number of phenolic OH excluding ortho intramolecular Hbond substituents is 1. The summed E-state index contributed by atoms with van der Waals surface area (Å²) in [6, 6.07) is 11.9. The Bertz CT molecular complexity index is 1090. The molecule has 8 nitrogen and oxygen atoms in total. The van der Waals surface area contributed by atoms with Crippen LogP contribution >= 0.6 is 0 Å². The molecule has 39 heavy (non-hydrogen) atoms. The van der Waals surface area contributed by atoms with Gasteiger partial charge in [-0.05, 0) is 70.7 Å². The summed E-state index contributed by atoms with van der Waals surface area (Å²) in [5.74, 6) is -0.546. The van der Waals surface area contributed by atoms with E-state index < -0.39 is 23.8 Å². The van der Waals surface area contributed by atoms with Gasteiger partial charge < -0.3 is 25.4 Å². The highest BCUT2D eigenvalue weighted by Gasteiger charge is 2.38. The molecule has 0 fully saturated rings. The minimum absolute atomic E-state index is 0.103. The lowest BCUT2D eigenvalue weighted by molar-refractivity contribution is -0.145. The van der Waals surface area contributed by atoms with Crippen LogP contribution in [-0.4, -0.2) is 52.1 Å². The van der Waals surface area contributed by atoms with Crippen LogP contribution in [-0.2, 0) is 20.7 Å². The third-order valence-corrected chi connectivity index (χ3v) is 6.40. The van der Waals surface area contributed by atoms with E-state index in [9.17, 15) is 19.5 Å². The van der Waals surface area contributed by atoms with Gasteiger partial charge >= 0.3 is 6.09 Å².